The fourth-order valence-electron chi connectivity index (χ4n) is 6.31. The van der Waals surface area contributed by atoms with Gasteiger partial charge in [-0.2, -0.15) is 0 Å². The van der Waals surface area contributed by atoms with Crippen LogP contribution in [-0.4, -0.2) is 35.5 Å². The maximum absolute atomic E-state index is 10.7. The van der Waals surface area contributed by atoms with E-state index in [1.165, 1.54) is 89.0 Å². The predicted molar refractivity (Wildman–Crippen MR) is 168 cm³/mol. The summed E-state index contributed by atoms with van der Waals surface area (Å²) in [4.78, 5) is 10.1. The standard InChI is InChI=1S/C36H60O4/c1-31(2)21-19-26-36(29-33-23-27-35(4,38)24-20-22-32(3)34(33)40-36)25-17-15-13-11-9-7-5-6-8-10-12-14-16-18-28-39-30-37/h19-21,24,26,30,33-34,38H,3,5-18,22-23,25,27-29H2,1-2,4H3. The molecule has 0 aromatic rings. The highest BCUT2D eigenvalue weighted by molar-refractivity contribution is 5.36. The molecule has 1 N–H and O–H groups in total. The molecule has 4 heteroatoms. The van der Waals surface area contributed by atoms with Crippen LogP contribution in [0.3, 0.4) is 0 Å². The Hall–Kier alpha value is -1.65. The molecule has 0 saturated carbocycles. The van der Waals surface area contributed by atoms with E-state index in [0.717, 1.165) is 44.1 Å². The first-order valence-electron chi connectivity index (χ1n) is 16.4. The summed E-state index contributed by atoms with van der Waals surface area (Å²) in [6.07, 6.45) is 33.4. The molecular weight excluding hydrogens is 496 g/mol. The summed E-state index contributed by atoms with van der Waals surface area (Å²) in [5.74, 6) is 0.415. The first-order chi connectivity index (χ1) is 19.3. The van der Waals surface area contributed by atoms with Gasteiger partial charge in [0.1, 0.15) is 0 Å². The first kappa shape index (κ1) is 34.6. The fraction of sp³-hybridized carbons (Fsp3) is 0.750. The molecule has 4 atom stereocenters. The minimum Gasteiger partial charge on any atom is -0.468 e. The molecule has 1 heterocycles. The van der Waals surface area contributed by atoms with Crippen molar-refractivity contribution in [3.8, 4) is 0 Å². The van der Waals surface area contributed by atoms with Crippen molar-refractivity contribution in [2.75, 3.05) is 6.61 Å². The molecule has 0 aromatic heterocycles. The number of allylic oxidation sites excluding steroid dienone is 4. The van der Waals surface area contributed by atoms with Crippen LogP contribution in [-0.2, 0) is 14.3 Å². The number of rotatable bonds is 20. The molecule has 4 nitrogen and oxygen atoms in total. The van der Waals surface area contributed by atoms with Gasteiger partial charge in [0, 0.05) is 0 Å². The number of carbonyl (C=O) groups is 1. The van der Waals surface area contributed by atoms with Gasteiger partial charge in [0.25, 0.3) is 6.47 Å². The van der Waals surface area contributed by atoms with Gasteiger partial charge in [-0.05, 0) is 70.8 Å². The molecule has 0 spiro atoms. The number of aliphatic hydroxyl groups is 1. The van der Waals surface area contributed by atoms with Crippen molar-refractivity contribution in [2.24, 2.45) is 5.92 Å². The lowest BCUT2D eigenvalue weighted by Gasteiger charge is -2.27. The van der Waals surface area contributed by atoms with Crippen LogP contribution in [0.15, 0.2) is 48.1 Å². The third-order valence-corrected chi connectivity index (χ3v) is 8.69. The van der Waals surface area contributed by atoms with E-state index in [1.807, 2.05) is 13.0 Å². The van der Waals surface area contributed by atoms with Gasteiger partial charge in [-0.25, -0.2) is 0 Å². The van der Waals surface area contributed by atoms with Gasteiger partial charge in [-0.1, -0.05) is 126 Å². The lowest BCUT2D eigenvalue weighted by atomic mass is 9.82. The van der Waals surface area contributed by atoms with E-state index in [4.69, 9.17) is 9.47 Å². The van der Waals surface area contributed by atoms with E-state index in [0.29, 0.717) is 19.0 Å². The van der Waals surface area contributed by atoms with Crippen molar-refractivity contribution in [2.45, 2.75) is 160 Å². The largest absolute Gasteiger partial charge is 0.468 e. The molecule has 1 saturated heterocycles. The second-order valence-corrected chi connectivity index (χ2v) is 13.0. The van der Waals surface area contributed by atoms with Gasteiger partial charge in [0.2, 0.25) is 0 Å². The Morgan fingerprint density at radius 1 is 1.00 bits per heavy atom. The van der Waals surface area contributed by atoms with Gasteiger partial charge in [0.15, 0.2) is 0 Å². The normalized spacial score (nSPS) is 26.8. The molecule has 228 valence electrons. The molecule has 40 heavy (non-hydrogen) atoms. The highest BCUT2D eigenvalue weighted by Gasteiger charge is 2.45. The summed E-state index contributed by atoms with van der Waals surface area (Å²) in [5.41, 5.74) is 1.49. The van der Waals surface area contributed by atoms with E-state index in [2.05, 4.69) is 44.7 Å². The van der Waals surface area contributed by atoms with Crippen molar-refractivity contribution in [3.05, 3.63) is 48.1 Å². The minimum atomic E-state index is -0.743. The maximum atomic E-state index is 10.7. The summed E-state index contributed by atoms with van der Waals surface area (Å²) < 4.78 is 11.6. The van der Waals surface area contributed by atoms with E-state index in [-0.39, 0.29) is 11.7 Å². The van der Waals surface area contributed by atoms with Crippen LogP contribution in [0, 0.1) is 5.92 Å². The zero-order chi connectivity index (χ0) is 29.1. The Kier molecular flexibility index (Phi) is 16.8. The van der Waals surface area contributed by atoms with Crippen LogP contribution in [0.4, 0.5) is 0 Å². The second-order valence-electron chi connectivity index (χ2n) is 13.0. The number of hydrogen-bond acceptors (Lipinski definition) is 4. The summed E-state index contributed by atoms with van der Waals surface area (Å²) in [5, 5.41) is 10.7. The van der Waals surface area contributed by atoms with Crippen molar-refractivity contribution in [1.29, 1.82) is 0 Å². The Labute approximate surface area is 246 Å². The van der Waals surface area contributed by atoms with E-state index in [1.54, 1.807) is 0 Å². The first-order valence-corrected chi connectivity index (χ1v) is 16.4. The molecule has 1 aliphatic heterocycles. The second kappa shape index (κ2) is 19.5. The topological polar surface area (TPSA) is 55.8 Å². The zero-order valence-electron chi connectivity index (χ0n) is 26.1. The SMILES string of the molecule is C=C1CC=CC(C)(O)CCC2CC(C=CC=C(C)C)(CCCCCCCCCCCCCCCCOC=O)OC12. The van der Waals surface area contributed by atoms with Crippen molar-refractivity contribution < 1.29 is 19.4 Å². The summed E-state index contributed by atoms with van der Waals surface area (Å²) in [6.45, 7) is 11.7. The Bertz CT molecular complexity index is 804. The smallest absolute Gasteiger partial charge is 0.293 e. The highest BCUT2D eigenvalue weighted by atomic mass is 16.5. The Balaban J connectivity index is 1.66. The molecule has 4 unspecified atom stereocenters. The quantitative estimate of drug-likeness (QED) is 0.0702. The van der Waals surface area contributed by atoms with E-state index >= 15 is 0 Å². The molecule has 0 amide bonds. The molecule has 1 aliphatic carbocycles. The van der Waals surface area contributed by atoms with Crippen LogP contribution in [0.5, 0.6) is 0 Å². The van der Waals surface area contributed by atoms with Gasteiger partial charge in [-0.15, -0.1) is 0 Å². The molecule has 1 fully saturated rings. The lowest BCUT2D eigenvalue weighted by molar-refractivity contribution is -0.128. The zero-order valence-corrected chi connectivity index (χ0v) is 26.1. The highest BCUT2D eigenvalue weighted by Crippen LogP contribution is 2.46. The number of ether oxygens (including phenoxy) is 2. The Morgan fingerprint density at radius 3 is 2.15 bits per heavy atom. The lowest BCUT2D eigenvalue weighted by Crippen LogP contribution is -2.27. The average Bonchev–Trinajstić information content (AvgIpc) is 3.29. The maximum Gasteiger partial charge on any atom is 0.293 e. The van der Waals surface area contributed by atoms with Crippen molar-refractivity contribution >= 4 is 6.47 Å². The van der Waals surface area contributed by atoms with Gasteiger partial charge < -0.3 is 14.6 Å². The summed E-state index contributed by atoms with van der Waals surface area (Å²) >= 11 is 0. The molecule has 0 radical (unpaired) electrons. The van der Waals surface area contributed by atoms with Gasteiger partial charge in [0.05, 0.1) is 23.9 Å². The molecular formula is C36H60O4. The predicted octanol–water partition coefficient (Wildman–Crippen LogP) is 9.72. The summed E-state index contributed by atoms with van der Waals surface area (Å²) in [7, 11) is 0. The number of hydrogen-bond donors (Lipinski definition) is 1. The van der Waals surface area contributed by atoms with Crippen molar-refractivity contribution in [3.63, 3.8) is 0 Å². The summed E-state index contributed by atoms with van der Waals surface area (Å²) in [6, 6.07) is 0. The molecule has 0 bridgehead atoms. The number of unbranched alkanes of at least 4 members (excludes halogenated alkanes) is 13. The third kappa shape index (κ3) is 14.3. The van der Waals surface area contributed by atoms with Gasteiger partial charge in [-0.3, -0.25) is 4.79 Å². The van der Waals surface area contributed by atoms with Crippen molar-refractivity contribution in [1.82, 2.24) is 0 Å². The van der Waals surface area contributed by atoms with Crippen LogP contribution in [0.1, 0.15) is 143 Å². The van der Waals surface area contributed by atoms with Gasteiger partial charge >= 0.3 is 0 Å². The monoisotopic (exact) mass is 556 g/mol. The van der Waals surface area contributed by atoms with Crippen LogP contribution in [0.2, 0.25) is 0 Å². The van der Waals surface area contributed by atoms with E-state index < -0.39 is 5.60 Å². The van der Waals surface area contributed by atoms with Crippen LogP contribution in [0.25, 0.3) is 0 Å². The minimum absolute atomic E-state index is 0.0814. The number of carbonyl (C=O) groups excluding carboxylic acids is 1. The molecule has 2 aliphatic rings. The average molecular weight is 557 g/mol. The third-order valence-electron chi connectivity index (χ3n) is 8.69. The number of fused-ring (bicyclic) bond motifs is 1. The molecule has 0 aromatic carbocycles. The van der Waals surface area contributed by atoms with Crippen LogP contribution < -0.4 is 0 Å². The Morgan fingerprint density at radius 2 is 1.57 bits per heavy atom. The van der Waals surface area contributed by atoms with Crippen LogP contribution >= 0.6 is 0 Å². The van der Waals surface area contributed by atoms with E-state index in [9.17, 15) is 9.90 Å². The molecule has 2 rings (SSSR count). The fourth-order valence-corrected chi connectivity index (χ4v) is 6.31.